The van der Waals surface area contributed by atoms with Gasteiger partial charge in [-0.15, -0.1) is 12.4 Å². The molecule has 0 saturated carbocycles. The van der Waals surface area contributed by atoms with Gasteiger partial charge in [-0.3, -0.25) is 0 Å². The maximum Gasteiger partial charge on any atom is 0.416 e. The van der Waals surface area contributed by atoms with Gasteiger partial charge in [0.2, 0.25) is 0 Å². The molecular formula is C10H9Cl2F6N. The lowest BCUT2D eigenvalue weighted by atomic mass is 9.98. The SMILES string of the molecule is Cl.N[C@H](CC(F)(F)F)c1c(Cl)cccc1C(F)(F)F. The van der Waals surface area contributed by atoms with Crippen LogP contribution in [0.4, 0.5) is 26.3 Å². The van der Waals surface area contributed by atoms with E-state index in [0.29, 0.717) is 6.07 Å². The van der Waals surface area contributed by atoms with Crippen molar-refractivity contribution in [3.63, 3.8) is 0 Å². The first-order valence-electron chi connectivity index (χ1n) is 4.70. The number of halogens is 8. The molecule has 0 aliphatic rings. The molecule has 0 unspecified atom stereocenters. The predicted octanol–water partition coefficient (Wildman–Crippen LogP) is 4.73. The third kappa shape index (κ3) is 5.08. The van der Waals surface area contributed by atoms with E-state index in [2.05, 4.69) is 0 Å². The standard InChI is InChI=1S/C10H8ClF6N.ClH/c11-6-3-1-2-5(10(15,16)17)8(6)7(18)4-9(12,13)14;/h1-3,7H,4,18H2;1H/t7-;/m1./s1. The van der Waals surface area contributed by atoms with Crippen LogP contribution in [-0.4, -0.2) is 6.18 Å². The number of nitrogens with two attached hydrogens (primary N) is 1. The Morgan fingerprint density at radius 1 is 1.11 bits per heavy atom. The normalized spacial score (nSPS) is 13.9. The minimum atomic E-state index is -4.80. The van der Waals surface area contributed by atoms with Gasteiger partial charge < -0.3 is 5.73 Å². The van der Waals surface area contributed by atoms with E-state index >= 15 is 0 Å². The molecule has 1 rings (SSSR count). The fraction of sp³-hybridized carbons (Fsp3) is 0.400. The van der Waals surface area contributed by atoms with Crippen molar-refractivity contribution in [3.05, 3.63) is 34.3 Å². The summed E-state index contributed by atoms with van der Waals surface area (Å²) < 4.78 is 74.3. The first-order chi connectivity index (χ1) is 8.02. The van der Waals surface area contributed by atoms with E-state index in [1.165, 1.54) is 0 Å². The van der Waals surface area contributed by atoms with Gasteiger partial charge in [0, 0.05) is 11.1 Å². The molecule has 0 amide bonds. The summed E-state index contributed by atoms with van der Waals surface area (Å²) >= 11 is 5.51. The van der Waals surface area contributed by atoms with Crippen LogP contribution in [0.3, 0.4) is 0 Å². The van der Waals surface area contributed by atoms with Crippen molar-refractivity contribution in [1.29, 1.82) is 0 Å². The van der Waals surface area contributed by atoms with Crippen LogP contribution >= 0.6 is 24.0 Å². The molecule has 1 atom stereocenters. The van der Waals surface area contributed by atoms with Crippen molar-refractivity contribution >= 4 is 24.0 Å². The molecule has 1 aromatic rings. The smallest absolute Gasteiger partial charge is 0.324 e. The summed E-state index contributed by atoms with van der Waals surface area (Å²) in [5, 5.41) is -0.429. The van der Waals surface area contributed by atoms with E-state index in [1.54, 1.807) is 0 Å². The summed E-state index contributed by atoms with van der Waals surface area (Å²) in [5.41, 5.74) is 3.20. The van der Waals surface area contributed by atoms with Crippen LogP contribution in [0.5, 0.6) is 0 Å². The third-order valence-electron chi connectivity index (χ3n) is 2.18. The second-order valence-electron chi connectivity index (χ2n) is 3.62. The molecule has 1 aromatic carbocycles. The molecule has 110 valence electrons. The van der Waals surface area contributed by atoms with Gasteiger partial charge in [0.05, 0.1) is 12.0 Å². The fourth-order valence-electron chi connectivity index (χ4n) is 1.51. The number of hydrogen-bond donors (Lipinski definition) is 1. The lowest BCUT2D eigenvalue weighted by Crippen LogP contribution is -2.23. The predicted molar refractivity (Wildman–Crippen MR) is 61.3 cm³/mol. The monoisotopic (exact) mass is 327 g/mol. The van der Waals surface area contributed by atoms with Crippen molar-refractivity contribution in [2.45, 2.75) is 24.8 Å². The highest BCUT2D eigenvalue weighted by molar-refractivity contribution is 6.31. The Balaban J connectivity index is 0.00000324. The third-order valence-corrected chi connectivity index (χ3v) is 2.51. The largest absolute Gasteiger partial charge is 0.416 e. The Morgan fingerprint density at radius 3 is 2.05 bits per heavy atom. The Labute approximate surface area is 116 Å². The highest BCUT2D eigenvalue weighted by Crippen LogP contribution is 2.40. The molecule has 2 N–H and O–H groups in total. The van der Waals surface area contributed by atoms with Gasteiger partial charge in [0.25, 0.3) is 0 Å². The second-order valence-corrected chi connectivity index (χ2v) is 4.03. The van der Waals surface area contributed by atoms with E-state index in [0.717, 1.165) is 12.1 Å². The van der Waals surface area contributed by atoms with Crippen molar-refractivity contribution in [2.24, 2.45) is 5.73 Å². The molecule has 0 heterocycles. The highest BCUT2D eigenvalue weighted by atomic mass is 35.5. The molecule has 0 radical (unpaired) electrons. The molecule has 9 heteroatoms. The Bertz CT molecular complexity index is 429. The molecule has 0 aromatic heterocycles. The maximum atomic E-state index is 12.6. The van der Waals surface area contributed by atoms with Crippen LogP contribution in [0.2, 0.25) is 5.02 Å². The van der Waals surface area contributed by atoms with E-state index < -0.39 is 41.0 Å². The lowest BCUT2D eigenvalue weighted by molar-refractivity contribution is -0.144. The zero-order valence-electron chi connectivity index (χ0n) is 9.15. The summed E-state index contributed by atoms with van der Waals surface area (Å²) in [4.78, 5) is 0. The van der Waals surface area contributed by atoms with Gasteiger partial charge in [0.15, 0.2) is 0 Å². The van der Waals surface area contributed by atoms with Crippen LogP contribution in [0.25, 0.3) is 0 Å². The number of rotatable bonds is 2. The van der Waals surface area contributed by atoms with Crippen LogP contribution in [-0.2, 0) is 6.18 Å². The molecular weight excluding hydrogens is 319 g/mol. The summed E-state index contributed by atoms with van der Waals surface area (Å²) in [6.45, 7) is 0. The van der Waals surface area contributed by atoms with Crippen molar-refractivity contribution in [1.82, 2.24) is 0 Å². The average molecular weight is 328 g/mol. The zero-order chi connectivity index (χ0) is 14.1. The first-order valence-corrected chi connectivity index (χ1v) is 5.08. The van der Waals surface area contributed by atoms with Crippen molar-refractivity contribution in [2.75, 3.05) is 0 Å². The molecule has 0 bridgehead atoms. The molecule has 0 aliphatic carbocycles. The highest BCUT2D eigenvalue weighted by Gasteiger charge is 2.39. The quantitative estimate of drug-likeness (QED) is 0.780. The number of benzene rings is 1. The van der Waals surface area contributed by atoms with Crippen molar-refractivity contribution < 1.29 is 26.3 Å². The summed E-state index contributed by atoms with van der Waals surface area (Å²) in [6, 6.07) is 0.879. The Hall–Kier alpha value is -0.660. The summed E-state index contributed by atoms with van der Waals surface area (Å²) in [5.74, 6) is 0. The molecule has 0 fully saturated rings. The van der Waals surface area contributed by atoms with Gasteiger partial charge in [0.1, 0.15) is 0 Å². The van der Waals surface area contributed by atoms with E-state index in [1.807, 2.05) is 0 Å². The molecule has 0 aliphatic heterocycles. The topological polar surface area (TPSA) is 26.0 Å². The maximum absolute atomic E-state index is 12.6. The van der Waals surface area contributed by atoms with Crippen LogP contribution < -0.4 is 5.73 Å². The van der Waals surface area contributed by atoms with E-state index in [9.17, 15) is 26.3 Å². The molecule has 0 saturated heterocycles. The van der Waals surface area contributed by atoms with Crippen LogP contribution in [0.1, 0.15) is 23.6 Å². The summed E-state index contributed by atoms with van der Waals surface area (Å²) in [6.07, 6.45) is -11.0. The second kappa shape index (κ2) is 6.19. The Kier molecular flexibility index (Phi) is 5.98. The minimum Gasteiger partial charge on any atom is -0.324 e. The van der Waals surface area contributed by atoms with Gasteiger partial charge >= 0.3 is 12.4 Å². The van der Waals surface area contributed by atoms with E-state index in [-0.39, 0.29) is 12.4 Å². The zero-order valence-corrected chi connectivity index (χ0v) is 10.7. The van der Waals surface area contributed by atoms with Gasteiger partial charge in [-0.05, 0) is 17.7 Å². The van der Waals surface area contributed by atoms with Gasteiger partial charge in [-0.1, -0.05) is 17.7 Å². The van der Waals surface area contributed by atoms with Crippen LogP contribution in [0, 0.1) is 0 Å². The molecule has 1 nitrogen and oxygen atoms in total. The van der Waals surface area contributed by atoms with E-state index in [4.69, 9.17) is 17.3 Å². The average Bonchev–Trinajstić information content (AvgIpc) is 2.12. The number of hydrogen-bond acceptors (Lipinski definition) is 1. The van der Waals surface area contributed by atoms with Crippen LogP contribution in [0.15, 0.2) is 18.2 Å². The number of alkyl halides is 6. The van der Waals surface area contributed by atoms with Gasteiger partial charge in [-0.25, -0.2) is 0 Å². The lowest BCUT2D eigenvalue weighted by Gasteiger charge is -2.20. The summed E-state index contributed by atoms with van der Waals surface area (Å²) in [7, 11) is 0. The minimum absolute atomic E-state index is 0. The molecule has 19 heavy (non-hydrogen) atoms. The Morgan fingerprint density at radius 2 is 1.63 bits per heavy atom. The fourth-order valence-corrected chi connectivity index (χ4v) is 1.83. The molecule has 0 spiro atoms. The van der Waals surface area contributed by atoms with Gasteiger partial charge in [-0.2, -0.15) is 26.3 Å². The van der Waals surface area contributed by atoms with Crippen molar-refractivity contribution in [3.8, 4) is 0 Å². The first kappa shape index (κ1) is 18.3.